The summed E-state index contributed by atoms with van der Waals surface area (Å²) in [5.41, 5.74) is 2.38. The Morgan fingerprint density at radius 2 is 2.00 bits per heavy atom. The van der Waals surface area contributed by atoms with Crippen molar-refractivity contribution in [2.45, 2.75) is 0 Å². The fourth-order valence-electron chi connectivity index (χ4n) is 2.00. The summed E-state index contributed by atoms with van der Waals surface area (Å²) in [5.74, 6) is 0.824. The van der Waals surface area contributed by atoms with Crippen molar-refractivity contribution in [3.63, 3.8) is 0 Å². The van der Waals surface area contributed by atoms with Crippen molar-refractivity contribution in [1.29, 1.82) is 0 Å². The maximum Gasteiger partial charge on any atom is 0.277 e. The number of amides is 1. The lowest BCUT2D eigenvalue weighted by Gasteiger charge is -2.06. The molecule has 0 bridgehead atoms. The number of halogens is 1. The quantitative estimate of drug-likeness (QED) is 0.548. The van der Waals surface area contributed by atoms with Gasteiger partial charge in [0.2, 0.25) is 0 Å². The molecule has 0 atom stereocenters. The molecule has 2 aromatic carbocycles. The van der Waals surface area contributed by atoms with Gasteiger partial charge in [-0.15, -0.1) is 0 Å². The Hall–Kier alpha value is -2.60. The number of ether oxygens (including phenoxy) is 1. The fraction of sp³-hybridized carbons (Fsp3) is 0.0588. The minimum absolute atomic E-state index is 0.114. The zero-order valence-electron chi connectivity index (χ0n) is 12.0. The molecule has 0 fully saturated rings. The van der Waals surface area contributed by atoms with Gasteiger partial charge in [-0.25, -0.2) is 5.43 Å². The molecule has 1 heterocycles. The first-order chi connectivity index (χ1) is 11.2. The topological polar surface area (TPSA) is 63.8 Å². The normalized spacial score (nSPS) is 11.0. The monoisotopic (exact) mass is 372 g/mol. The molecular weight excluding hydrogens is 360 g/mol. The molecule has 0 saturated heterocycles. The molecule has 0 unspecified atom stereocenters. The molecule has 3 aromatic rings. The summed E-state index contributed by atoms with van der Waals surface area (Å²) in [6.07, 6.45) is 1.42. The van der Waals surface area contributed by atoms with Crippen LogP contribution in [0.15, 0.2) is 68.8 Å². The third-order valence-corrected chi connectivity index (χ3v) is 3.49. The number of fused-ring (bicyclic) bond motifs is 1. The van der Waals surface area contributed by atoms with Gasteiger partial charge in [0.05, 0.1) is 6.21 Å². The van der Waals surface area contributed by atoms with E-state index in [0.717, 1.165) is 10.8 Å². The highest BCUT2D eigenvalue weighted by Gasteiger charge is 2.03. The molecule has 0 aliphatic carbocycles. The van der Waals surface area contributed by atoms with Crippen molar-refractivity contribution in [3.05, 3.63) is 65.0 Å². The lowest BCUT2D eigenvalue weighted by atomic mass is 10.1. The van der Waals surface area contributed by atoms with Crippen LogP contribution in [0.1, 0.15) is 5.76 Å². The average Bonchev–Trinajstić information content (AvgIpc) is 2.98. The highest BCUT2D eigenvalue weighted by atomic mass is 79.9. The molecule has 1 amide bonds. The minimum Gasteiger partial charge on any atom is -0.484 e. The number of nitrogens with zero attached hydrogens (tertiary/aromatic N) is 1. The van der Waals surface area contributed by atoms with Crippen molar-refractivity contribution >= 4 is 38.8 Å². The van der Waals surface area contributed by atoms with Crippen molar-refractivity contribution in [2.75, 3.05) is 6.61 Å². The highest BCUT2D eigenvalue weighted by Crippen LogP contribution is 2.20. The number of nitrogens with one attached hydrogen (secondary N) is 1. The van der Waals surface area contributed by atoms with E-state index in [9.17, 15) is 4.79 Å². The van der Waals surface area contributed by atoms with Crippen LogP contribution in [0.25, 0.3) is 10.8 Å². The molecule has 0 spiro atoms. The van der Waals surface area contributed by atoms with Crippen LogP contribution < -0.4 is 10.2 Å². The van der Waals surface area contributed by atoms with Crippen molar-refractivity contribution in [3.8, 4) is 5.75 Å². The van der Waals surface area contributed by atoms with Gasteiger partial charge >= 0.3 is 0 Å². The van der Waals surface area contributed by atoms with E-state index in [1.54, 1.807) is 12.1 Å². The summed E-state index contributed by atoms with van der Waals surface area (Å²) in [6.45, 7) is -0.114. The van der Waals surface area contributed by atoms with E-state index in [4.69, 9.17) is 9.15 Å². The van der Waals surface area contributed by atoms with Crippen molar-refractivity contribution in [2.24, 2.45) is 5.10 Å². The van der Waals surface area contributed by atoms with Crippen LogP contribution in [0, 0.1) is 0 Å². The molecule has 0 aliphatic rings. The summed E-state index contributed by atoms with van der Waals surface area (Å²) in [4.78, 5) is 11.7. The SMILES string of the molecule is O=C(COc1ccc2ccccc2c1)NN=Cc1ccc(Br)o1. The van der Waals surface area contributed by atoms with Gasteiger partial charge in [0.15, 0.2) is 11.3 Å². The summed E-state index contributed by atoms with van der Waals surface area (Å²) in [6, 6.07) is 17.1. The van der Waals surface area contributed by atoms with Crippen LogP contribution in [0.5, 0.6) is 5.75 Å². The van der Waals surface area contributed by atoms with Gasteiger partial charge < -0.3 is 9.15 Å². The lowest BCUT2D eigenvalue weighted by Crippen LogP contribution is -2.24. The third-order valence-electron chi connectivity index (χ3n) is 3.07. The van der Waals surface area contributed by atoms with E-state index < -0.39 is 0 Å². The van der Waals surface area contributed by atoms with E-state index >= 15 is 0 Å². The minimum atomic E-state index is -0.347. The summed E-state index contributed by atoms with van der Waals surface area (Å²) < 4.78 is 11.3. The van der Waals surface area contributed by atoms with Gasteiger partial charge in [-0.3, -0.25) is 4.79 Å². The first-order valence-corrected chi connectivity index (χ1v) is 7.69. The van der Waals surface area contributed by atoms with Crippen LogP contribution in [-0.2, 0) is 4.79 Å². The molecule has 1 N–H and O–H groups in total. The largest absolute Gasteiger partial charge is 0.484 e. The molecule has 0 radical (unpaired) electrons. The molecule has 6 heteroatoms. The Morgan fingerprint density at radius 1 is 1.17 bits per heavy atom. The zero-order chi connectivity index (χ0) is 16.1. The lowest BCUT2D eigenvalue weighted by molar-refractivity contribution is -0.123. The molecule has 0 saturated carbocycles. The molecule has 5 nitrogen and oxygen atoms in total. The van der Waals surface area contributed by atoms with Gasteiger partial charge in [0.25, 0.3) is 5.91 Å². The van der Waals surface area contributed by atoms with E-state index in [2.05, 4.69) is 26.5 Å². The van der Waals surface area contributed by atoms with Gasteiger partial charge in [-0.05, 0) is 51.0 Å². The van der Waals surface area contributed by atoms with E-state index in [1.807, 2.05) is 42.5 Å². The summed E-state index contributed by atoms with van der Waals surface area (Å²) in [7, 11) is 0. The molecule has 3 rings (SSSR count). The number of carbonyl (C=O) groups is 1. The predicted octanol–water partition coefficient (Wildman–Crippen LogP) is 3.72. The smallest absolute Gasteiger partial charge is 0.277 e. The second kappa shape index (κ2) is 7.11. The molecular formula is C17H13BrN2O3. The van der Waals surface area contributed by atoms with Gasteiger partial charge in [0.1, 0.15) is 11.5 Å². The van der Waals surface area contributed by atoms with Gasteiger partial charge in [0, 0.05) is 0 Å². The highest BCUT2D eigenvalue weighted by molar-refractivity contribution is 9.10. The number of rotatable bonds is 5. The Kier molecular flexibility index (Phi) is 4.73. The van der Waals surface area contributed by atoms with Crippen LogP contribution in [0.3, 0.4) is 0 Å². The van der Waals surface area contributed by atoms with Crippen LogP contribution in [0.2, 0.25) is 0 Å². The van der Waals surface area contributed by atoms with Crippen molar-refractivity contribution < 1.29 is 13.9 Å². The Labute approximate surface area is 141 Å². The molecule has 1 aromatic heterocycles. The first-order valence-electron chi connectivity index (χ1n) is 6.89. The first kappa shape index (κ1) is 15.3. The van der Waals surface area contributed by atoms with Crippen molar-refractivity contribution in [1.82, 2.24) is 5.43 Å². The van der Waals surface area contributed by atoms with E-state index in [0.29, 0.717) is 16.2 Å². The average molecular weight is 373 g/mol. The van der Waals surface area contributed by atoms with E-state index in [1.165, 1.54) is 6.21 Å². The molecule has 23 heavy (non-hydrogen) atoms. The number of hydrogen-bond acceptors (Lipinski definition) is 4. The standard InChI is InChI=1S/C17H13BrN2O3/c18-16-8-7-15(23-16)10-19-20-17(21)11-22-14-6-5-12-3-1-2-4-13(12)9-14/h1-10H,11H2,(H,20,21). The third kappa shape index (κ3) is 4.20. The van der Waals surface area contributed by atoms with Crippen LogP contribution >= 0.6 is 15.9 Å². The number of hydrazone groups is 1. The number of hydrogen-bond donors (Lipinski definition) is 1. The Balaban J connectivity index is 1.52. The fourth-order valence-corrected chi connectivity index (χ4v) is 2.32. The molecule has 116 valence electrons. The Morgan fingerprint density at radius 3 is 2.78 bits per heavy atom. The van der Waals surface area contributed by atoms with Crippen LogP contribution in [-0.4, -0.2) is 18.7 Å². The van der Waals surface area contributed by atoms with E-state index in [-0.39, 0.29) is 12.5 Å². The second-order valence-corrected chi connectivity index (χ2v) is 5.51. The summed E-state index contributed by atoms with van der Waals surface area (Å²) >= 11 is 3.19. The maximum absolute atomic E-state index is 11.7. The van der Waals surface area contributed by atoms with Gasteiger partial charge in [-0.1, -0.05) is 30.3 Å². The zero-order valence-corrected chi connectivity index (χ0v) is 13.6. The molecule has 0 aliphatic heterocycles. The maximum atomic E-state index is 11.7. The van der Waals surface area contributed by atoms with Gasteiger partial charge in [-0.2, -0.15) is 5.10 Å². The summed E-state index contributed by atoms with van der Waals surface area (Å²) in [5, 5.41) is 5.98. The number of carbonyl (C=O) groups excluding carboxylic acids is 1. The predicted molar refractivity (Wildman–Crippen MR) is 91.6 cm³/mol. The second-order valence-electron chi connectivity index (χ2n) is 4.73. The number of furan rings is 1. The van der Waals surface area contributed by atoms with Crippen LogP contribution in [0.4, 0.5) is 0 Å². The number of benzene rings is 2. The Bertz CT molecular complexity index is 858.